The lowest BCUT2D eigenvalue weighted by atomic mass is 10.0. The van der Waals surface area contributed by atoms with Gasteiger partial charge in [0.2, 0.25) is 0 Å². The van der Waals surface area contributed by atoms with Gasteiger partial charge in [0, 0.05) is 50.1 Å². The van der Waals surface area contributed by atoms with Crippen molar-refractivity contribution in [3.63, 3.8) is 0 Å². The molecule has 23 heavy (non-hydrogen) atoms. The SMILES string of the molecule is CCOCCN1CCN(c2cc(C#N)ccc2C(C)=O)CC1C. The molecule has 5 nitrogen and oxygen atoms in total. The molecule has 1 aromatic carbocycles. The number of hydrogen-bond donors (Lipinski definition) is 0. The topological polar surface area (TPSA) is 56.6 Å². The van der Waals surface area contributed by atoms with Crippen molar-refractivity contribution in [2.24, 2.45) is 0 Å². The molecule has 1 unspecified atom stereocenters. The van der Waals surface area contributed by atoms with Crippen LogP contribution >= 0.6 is 0 Å². The zero-order valence-electron chi connectivity index (χ0n) is 14.2. The first-order valence-electron chi connectivity index (χ1n) is 8.18. The first-order valence-corrected chi connectivity index (χ1v) is 8.18. The van der Waals surface area contributed by atoms with Crippen LogP contribution in [0.25, 0.3) is 0 Å². The third-order valence-electron chi connectivity index (χ3n) is 4.34. The zero-order valence-corrected chi connectivity index (χ0v) is 14.2. The number of hydrogen-bond acceptors (Lipinski definition) is 5. The number of carbonyl (C=O) groups excluding carboxylic acids is 1. The van der Waals surface area contributed by atoms with E-state index in [9.17, 15) is 4.79 Å². The Kier molecular flexibility index (Phi) is 6.14. The van der Waals surface area contributed by atoms with Crippen molar-refractivity contribution in [3.05, 3.63) is 29.3 Å². The fourth-order valence-electron chi connectivity index (χ4n) is 3.03. The Labute approximate surface area is 138 Å². The number of piperazine rings is 1. The van der Waals surface area contributed by atoms with Crippen molar-refractivity contribution in [1.29, 1.82) is 5.26 Å². The van der Waals surface area contributed by atoms with Crippen LogP contribution in [0.4, 0.5) is 5.69 Å². The van der Waals surface area contributed by atoms with Crippen LogP contribution in [0.2, 0.25) is 0 Å². The maximum Gasteiger partial charge on any atom is 0.161 e. The monoisotopic (exact) mass is 315 g/mol. The molecule has 0 aromatic heterocycles. The maximum absolute atomic E-state index is 11.9. The van der Waals surface area contributed by atoms with Crippen LogP contribution < -0.4 is 4.90 Å². The summed E-state index contributed by atoms with van der Waals surface area (Å²) in [6.07, 6.45) is 0. The number of carbonyl (C=O) groups is 1. The Morgan fingerprint density at radius 3 is 2.83 bits per heavy atom. The molecule has 1 saturated heterocycles. The predicted molar refractivity (Wildman–Crippen MR) is 90.9 cm³/mol. The zero-order chi connectivity index (χ0) is 16.8. The molecule has 0 N–H and O–H groups in total. The van der Waals surface area contributed by atoms with Gasteiger partial charge in [-0.3, -0.25) is 9.69 Å². The normalized spacial score (nSPS) is 18.7. The number of nitrogens with zero attached hydrogens (tertiary/aromatic N) is 3. The van der Waals surface area contributed by atoms with Crippen LogP contribution in [0.15, 0.2) is 18.2 Å². The van der Waals surface area contributed by atoms with Crippen LogP contribution in [0.1, 0.15) is 36.7 Å². The minimum atomic E-state index is 0.0379. The van der Waals surface area contributed by atoms with Gasteiger partial charge in [-0.1, -0.05) is 0 Å². The molecule has 1 aliphatic rings. The summed E-state index contributed by atoms with van der Waals surface area (Å²) in [6.45, 7) is 10.8. The van der Waals surface area contributed by atoms with E-state index in [-0.39, 0.29) is 5.78 Å². The molecule has 0 amide bonds. The summed E-state index contributed by atoms with van der Waals surface area (Å²) in [5.41, 5.74) is 2.17. The van der Waals surface area contributed by atoms with Gasteiger partial charge in [0.15, 0.2) is 5.78 Å². The second kappa shape index (κ2) is 8.09. The number of rotatable bonds is 6. The fourth-order valence-corrected chi connectivity index (χ4v) is 3.03. The second-order valence-electron chi connectivity index (χ2n) is 5.93. The Bertz CT molecular complexity index is 594. The molecule has 0 aliphatic carbocycles. The molecule has 1 fully saturated rings. The summed E-state index contributed by atoms with van der Waals surface area (Å²) >= 11 is 0. The Morgan fingerprint density at radius 2 is 2.22 bits per heavy atom. The third-order valence-corrected chi connectivity index (χ3v) is 4.34. The molecule has 5 heteroatoms. The van der Waals surface area contributed by atoms with Crippen LogP contribution in [0.5, 0.6) is 0 Å². The van der Waals surface area contributed by atoms with E-state index in [1.54, 1.807) is 19.1 Å². The van der Waals surface area contributed by atoms with Gasteiger partial charge in [-0.05, 0) is 39.0 Å². The lowest BCUT2D eigenvalue weighted by molar-refractivity contribution is 0.0925. The number of ether oxygens (including phenoxy) is 1. The van der Waals surface area contributed by atoms with Gasteiger partial charge >= 0.3 is 0 Å². The number of anilines is 1. The van der Waals surface area contributed by atoms with Gasteiger partial charge in [0.25, 0.3) is 0 Å². The summed E-state index contributed by atoms with van der Waals surface area (Å²) in [6, 6.07) is 7.86. The van der Waals surface area contributed by atoms with Crippen LogP contribution in [-0.2, 0) is 4.74 Å². The maximum atomic E-state index is 11.9. The second-order valence-corrected chi connectivity index (χ2v) is 5.93. The quantitative estimate of drug-likeness (QED) is 0.595. The molecule has 1 aliphatic heterocycles. The molecule has 0 saturated carbocycles. The van der Waals surface area contributed by atoms with Gasteiger partial charge in [-0.2, -0.15) is 5.26 Å². The molecule has 0 spiro atoms. The Morgan fingerprint density at radius 1 is 1.43 bits per heavy atom. The highest BCUT2D eigenvalue weighted by Crippen LogP contribution is 2.25. The highest BCUT2D eigenvalue weighted by atomic mass is 16.5. The van der Waals surface area contributed by atoms with E-state index >= 15 is 0 Å². The van der Waals surface area contributed by atoms with E-state index in [1.807, 2.05) is 13.0 Å². The van der Waals surface area contributed by atoms with Crippen molar-refractivity contribution in [2.45, 2.75) is 26.8 Å². The number of Topliss-reactive ketones (excluding diaryl/α,β-unsaturated/α-hetero) is 1. The van der Waals surface area contributed by atoms with Crippen molar-refractivity contribution in [3.8, 4) is 6.07 Å². The molecular formula is C18H25N3O2. The van der Waals surface area contributed by atoms with Crippen molar-refractivity contribution < 1.29 is 9.53 Å². The third kappa shape index (κ3) is 4.31. The van der Waals surface area contributed by atoms with Crippen molar-refractivity contribution >= 4 is 11.5 Å². The predicted octanol–water partition coefficient (Wildman–Crippen LogP) is 2.31. The van der Waals surface area contributed by atoms with E-state index < -0.39 is 0 Å². The molecule has 0 radical (unpaired) electrons. The average molecular weight is 315 g/mol. The summed E-state index contributed by atoms with van der Waals surface area (Å²) < 4.78 is 5.44. The summed E-state index contributed by atoms with van der Waals surface area (Å²) in [5, 5.41) is 9.13. The molecule has 2 rings (SSSR count). The van der Waals surface area contributed by atoms with Gasteiger partial charge in [0.05, 0.1) is 18.2 Å². The van der Waals surface area contributed by atoms with Crippen LogP contribution in [0, 0.1) is 11.3 Å². The molecule has 0 bridgehead atoms. The molecular weight excluding hydrogens is 290 g/mol. The van der Waals surface area contributed by atoms with E-state index in [0.29, 0.717) is 17.2 Å². The van der Waals surface area contributed by atoms with Gasteiger partial charge in [0.1, 0.15) is 0 Å². The summed E-state index contributed by atoms with van der Waals surface area (Å²) in [4.78, 5) is 16.5. The van der Waals surface area contributed by atoms with E-state index in [1.165, 1.54) is 0 Å². The minimum Gasteiger partial charge on any atom is -0.380 e. The standard InChI is InChI=1S/C18H25N3O2/c1-4-23-10-9-20-7-8-21(13-14(20)2)18-11-16(12-19)5-6-17(18)15(3)22/h5-6,11,14H,4,7-10,13H2,1-3H3. The molecule has 124 valence electrons. The first kappa shape index (κ1) is 17.5. The largest absolute Gasteiger partial charge is 0.380 e. The first-order chi connectivity index (χ1) is 11.1. The Balaban J connectivity index is 2.12. The van der Waals surface area contributed by atoms with Crippen molar-refractivity contribution in [2.75, 3.05) is 44.3 Å². The number of ketones is 1. The smallest absolute Gasteiger partial charge is 0.161 e. The van der Waals surface area contributed by atoms with Gasteiger partial charge < -0.3 is 9.64 Å². The van der Waals surface area contributed by atoms with Gasteiger partial charge in [-0.15, -0.1) is 0 Å². The van der Waals surface area contributed by atoms with Crippen LogP contribution in [0.3, 0.4) is 0 Å². The summed E-state index contributed by atoms with van der Waals surface area (Å²) in [5.74, 6) is 0.0379. The van der Waals surface area contributed by atoms with E-state index in [4.69, 9.17) is 10.00 Å². The summed E-state index contributed by atoms with van der Waals surface area (Å²) in [7, 11) is 0. The number of benzene rings is 1. The number of nitriles is 1. The molecule has 1 atom stereocenters. The molecule has 1 heterocycles. The highest BCUT2D eigenvalue weighted by Gasteiger charge is 2.25. The van der Waals surface area contributed by atoms with E-state index in [2.05, 4.69) is 22.8 Å². The van der Waals surface area contributed by atoms with Crippen molar-refractivity contribution in [1.82, 2.24) is 4.90 Å². The van der Waals surface area contributed by atoms with Gasteiger partial charge in [-0.25, -0.2) is 0 Å². The Hall–Kier alpha value is -1.90. The molecule has 1 aromatic rings. The lowest BCUT2D eigenvalue weighted by Gasteiger charge is -2.41. The van der Waals surface area contributed by atoms with E-state index in [0.717, 1.165) is 45.1 Å². The minimum absolute atomic E-state index is 0.0379. The van der Waals surface area contributed by atoms with Crippen LogP contribution in [-0.4, -0.2) is 56.1 Å². The lowest BCUT2D eigenvalue weighted by Crippen LogP contribution is -2.53. The average Bonchev–Trinajstić information content (AvgIpc) is 2.55. The highest BCUT2D eigenvalue weighted by molar-refractivity contribution is 6.00. The fraction of sp³-hybridized carbons (Fsp3) is 0.556.